The zero-order valence-electron chi connectivity index (χ0n) is 15.5. The molecule has 3 heterocycles. The molecule has 4 rings (SSSR count). The zero-order valence-corrected chi connectivity index (χ0v) is 16.3. The first-order chi connectivity index (χ1) is 12.9. The van der Waals surface area contributed by atoms with Crippen molar-refractivity contribution in [1.82, 2.24) is 10.2 Å². The van der Waals surface area contributed by atoms with E-state index in [-0.39, 0.29) is 10.8 Å². The number of amides is 1. The molecule has 1 aromatic carbocycles. The molecule has 3 aliphatic rings. The van der Waals surface area contributed by atoms with Gasteiger partial charge in [-0.15, -0.1) is 0 Å². The monoisotopic (exact) mass is 392 g/mol. The van der Waals surface area contributed by atoms with Gasteiger partial charge in [-0.1, -0.05) is 0 Å². The molecule has 3 N–H and O–H groups in total. The van der Waals surface area contributed by atoms with Crippen LogP contribution in [0.2, 0.25) is 0 Å². The van der Waals surface area contributed by atoms with Gasteiger partial charge in [0.05, 0.1) is 4.90 Å². The van der Waals surface area contributed by atoms with Crippen molar-refractivity contribution in [1.29, 1.82) is 0 Å². The Hall–Kier alpha value is -1.64. The third-order valence-electron chi connectivity index (χ3n) is 6.20. The highest BCUT2D eigenvalue weighted by Gasteiger charge is 2.35. The van der Waals surface area contributed by atoms with E-state index in [1.165, 1.54) is 25.0 Å². The number of nitrogens with one attached hydrogen (secondary N) is 1. The van der Waals surface area contributed by atoms with Crippen molar-refractivity contribution in [2.75, 3.05) is 31.1 Å². The predicted octanol–water partition coefficient (Wildman–Crippen LogP) is 0.903. The summed E-state index contributed by atoms with van der Waals surface area (Å²) in [6, 6.07) is 7.88. The lowest BCUT2D eigenvalue weighted by Gasteiger charge is -2.37. The summed E-state index contributed by atoms with van der Waals surface area (Å²) in [5.41, 5.74) is 0.962. The quantitative estimate of drug-likeness (QED) is 0.794. The van der Waals surface area contributed by atoms with Crippen LogP contribution in [0.15, 0.2) is 29.2 Å². The molecule has 1 aromatic rings. The lowest BCUT2D eigenvalue weighted by Crippen LogP contribution is -2.49. The normalized spacial score (nSPS) is 28.4. The molecule has 3 aliphatic heterocycles. The van der Waals surface area contributed by atoms with E-state index < -0.39 is 10.0 Å². The Morgan fingerprint density at radius 3 is 2.19 bits per heavy atom. The van der Waals surface area contributed by atoms with Crippen molar-refractivity contribution in [3.63, 3.8) is 0 Å². The van der Waals surface area contributed by atoms with Crippen LogP contribution in [-0.4, -0.2) is 57.5 Å². The van der Waals surface area contributed by atoms with Gasteiger partial charge in [-0.3, -0.25) is 4.79 Å². The molecule has 2 bridgehead atoms. The SMILES string of the molecule is NS(=O)(=O)c1ccc(N2CCN(C(=O)CC3CC4CCC(C3)N4)CC2)cc1. The average Bonchev–Trinajstić information content (AvgIpc) is 2.99. The van der Waals surface area contributed by atoms with E-state index in [1.807, 2.05) is 4.90 Å². The van der Waals surface area contributed by atoms with Crippen LogP contribution in [0.1, 0.15) is 32.1 Å². The molecule has 0 aliphatic carbocycles. The number of carbonyl (C=O) groups excluding carboxylic acids is 1. The second kappa shape index (κ2) is 7.41. The standard InChI is InChI=1S/C19H28N4O3S/c20-27(25,26)18-5-3-17(4-6-18)22-7-9-23(10-8-22)19(24)13-14-11-15-1-2-16(12-14)21-15/h3-6,14-16,21H,1-2,7-13H2,(H2,20,25,26). The Morgan fingerprint density at radius 1 is 1.04 bits per heavy atom. The molecular weight excluding hydrogens is 364 g/mol. The maximum atomic E-state index is 12.7. The fraction of sp³-hybridized carbons (Fsp3) is 0.632. The Kier molecular flexibility index (Phi) is 5.13. The summed E-state index contributed by atoms with van der Waals surface area (Å²) in [4.78, 5) is 17.0. The predicted molar refractivity (Wildman–Crippen MR) is 104 cm³/mol. The summed E-state index contributed by atoms with van der Waals surface area (Å²) in [6.07, 6.45) is 5.48. The molecule has 2 atom stereocenters. The second-order valence-corrected chi connectivity index (χ2v) is 9.65. The van der Waals surface area contributed by atoms with Crippen molar-refractivity contribution < 1.29 is 13.2 Å². The molecule has 8 heteroatoms. The molecule has 27 heavy (non-hydrogen) atoms. The number of piperidine rings is 1. The number of fused-ring (bicyclic) bond motifs is 2. The molecular formula is C19H28N4O3S. The smallest absolute Gasteiger partial charge is 0.238 e. The van der Waals surface area contributed by atoms with Crippen LogP contribution in [0.5, 0.6) is 0 Å². The van der Waals surface area contributed by atoms with Crippen LogP contribution in [-0.2, 0) is 14.8 Å². The number of piperazine rings is 1. The maximum absolute atomic E-state index is 12.7. The number of nitrogens with zero attached hydrogens (tertiary/aromatic N) is 2. The van der Waals surface area contributed by atoms with Gasteiger partial charge in [0.25, 0.3) is 0 Å². The molecule has 3 saturated heterocycles. The number of anilines is 1. The largest absolute Gasteiger partial charge is 0.368 e. The summed E-state index contributed by atoms with van der Waals surface area (Å²) in [6.45, 7) is 2.96. The van der Waals surface area contributed by atoms with Crippen LogP contribution >= 0.6 is 0 Å². The summed E-state index contributed by atoms with van der Waals surface area (Å²) in [5, 5.41) is 8.78. The molecule has 3 fully saturated rings. The number of nitrogens with two attached hydrogens (primary N) is 1. The van der Waals surface area contributed by atoms with Gasteiger partial charge in [-0.25, -0.2) is 13.6 Å². The van der Waals surface area contributed by atoms with Gasteiger partial charge in [-0.2, -0.15) is 0 Å². The van der Waals surface area contributed by atoms with E-state index >= 15 is 0 Å². The highest BCUT2D eigenvalue weighted by atomic mass is 32.2. The highest BCUT2D eigenvalue weighted by Crippen LogP contribution is 2.33. The fourth-order valence-electron chi connectivity index (χ4n) is 4.78. The maximum Gasteiger partial charge on any atom is 0.238 e. The van der Waals surface area contributed by atoms with Gasteiger partial charge < -0.3 is 15.1 Å². The Balaban J connectivity index is 1.29. The van der Waals surface area contributed by atoms with Crippen LogP contribution in [0.25, 0.3) is 0 Å². The number of hydrogen-bond donors (Lipinski definition) is 2. The van der Waals surface area contributed by atoms with E-state index in [9.17, 15) is 13.2 Å². The van der Waals surface area contributed by atoms with Gasteiger partial charge in [-0.05, 0) is 55.9 Å². The van der Waals surface area contributed by atoms with Gasteiger partial charge >= 0.3 is 0 Å². The molecule has 2 unspecified atom stereocenters. The van der Waals surface area contributed by atoms with E-state index in [0.717, 1.165) is 31.6 Å². The number of benzene rings is 1. The summed E-state index contributed by atoms with van der Waals surface area (Å²) in [5.74, 6) is 0.811. The average molecular weight is 393 g/mol. The summed E-state index contributed by atoms with van der Waals surface area (Å²) >= 11 is 0. The van der Waals surface area contributed by atoms with Crippen LogP contribution < -0.4 is 15.4 Å². The first-order valence-electron chi connectivity index (χ1n) is 9.80. The van der Waals surface area contributed by atoms with Gasteiger partial charge in [0.2, 0.25) is 15.9 Å². The third-order valence-corrected chi connectivity index (χ3v) is 7.13. The highest BCUT2D eigenvalue weighted by molar-refractivity contribution is 7.89. The van der Waals surface area contributed by atoms with E-state index in [4.69, 9.17) is 5.14 Å². The first-order valence-corrected chi connectivity index (χ1v) is 11.3. The van der Waals surface area contributed by atoms with Crippen molar-refractivity contribution in [2.45, 2.75) is 49.1 Å². The van der Waals surface area contributed by atoms with E-state index in [1.54, 1.807) is 12.1 Å². The number of hydrogen-bond acceptors (Lipinski definition) is 5. The second-order valence-electron chi connectivity index (χ2n) is 8.09. The van der Waals surface area contributed by atoms with Crippen LogP contribution in [0.4, 0.5) is 5.69 Å². The van der Waals surface area contributed by atoms with E-state index in [0.29, 0.717) is 37.5 Å². The lowest BCUT2D eigenvalue weighted by atomic mass is 9.89. The van der Waals surface area contributed by atoms with Crippen LogP contribution in [0.3, 0.4) is 0 Å². The van der Waals surface area contributed by atoms with Gasteiger partial charge in [0, 0.05) is 50.4 Å². The van der Waals surface area contributed by atoms with Crippen molar-refractivity contribution in [2.24, 2.45) is 11.1 Å². The van der Waals surface area contributed by atoms with Gasteiger partial charge in [0.15, 0.2) is 0 Å². The topological polar surface area (TPSA) is 95.7 Å². The Labute approximate surface area is 160 Å². The van der Waals surface area contributed by atoms with Crippen molar-refractivity contribution >= 4 is 21.6 Å². The minimum absolute atomic E-state index is 0.121. The van der Waals surface area contributed by atoms with Crippen molar-refractivity contribution in [3.05, 3.63) is 24.3 Å². The molecule has 148 valence electrons. The fourth-order valence-corrected chi connectivity index (χ4v) is 5.29. The minimum Gasteiger partial charge on any atom is -0.368 e. The molecule has 0 saturated carbocycles. The van der Waals surface area contributed by atoms with Gasteiger partial charge in [0.1, 0.15) is 0 Å². The molecule has 0 spiro atoms. The number of sulfonamides is 1. The van der Waals surface area contributed by atoms with Crippen LogP contribution in [0, 0.1) is 5.92 Å². The van der Waals surface area contributed by atoms with Crippen molar-refractivity contribution in [3.8, 4) is 0 Å². The summed E-state index contributed by atoms with van der Waals surface area (Å²) < 4.78 is 22.7. The third kappa shape index (κ3) is 4.28. The molecule has 1 amide bonds. The lowest BCUT2D eigenvalue weighted by molar-refractivity contribution is -0.132. The molecule has 0 radical (unpaired) electrons. The summed E-state index contributed by atoms with van der Waals surface area (Å²) in [7, 11) is -3.66. The number of rotatable bonds is 4. The number of primary sulfonamides is 1. The zero-order chi connectivity index (χ0) is 19.0. The number of carbonyl (C=O) groups is 1. The Bertz CT molecular complexity index is 776. The minimum atomic E-state index is -3.66. The first kappa shape index (κ1) is 18.7. The molecule has 0 aromatic heterocycles. The Morgan fingerprint density at radius 2 is 1.63 bits per heavy atom. The van der Waals surface area contributed by atoms with E-state index in [2.05, 4.69) is 10.2 Å². The molecule has 7 nitrogen and oxygen atoms in total.